The third-order valence-corrected chi connectivity index (χ3v) is 7.34. The Kier molecular flexibility index (Phi) is 7.46. The van der Waals surface area contributed by atoms with Crippen LogP contribution in [0, 0.1) is 5.92 Å². The molecule has 1 aromatic carbocycles. The molecular weight excluding hydrogens is 464 g/mol. The highest BCUT2D eigenvalue weighted by Crippen LogP contribution is 2.24. The Balaban J connectivity index is 1.12. The molecular formula is C25H33ClN8O. The zero-order valence-corrected chi connectivity index (χ0v) is 21.0. The van der Waals surface area contributed by atoms with Gasteiger partial charge in [-0.1, -0.05) is 11.6 Å². The van der Waals surface area contributed by atoms with Crippen LogP contribution in [-0.4, -0.2) is 94.9 Å². The number of likely N-dealkylation sites (N-methyl/N-ethyl adjacent to an activating group) is 1. The lowest BCUT2D eigenvalue weighted by Gasteiger charge is -2.33. The molecule has 2 aliphatic heterocycles. The average Bonchev–Trinajstić information content (AvgIpc) is 3.31. The number of fused-ring (bicyclic) bond motifs is 1. The van der Waals surface area contributed by atoms with Gasteiger partial charge in [0.05, 0.1) is 0 Å². The molecule has 9 nitrogen and oxygen atoms in total. The maximum atomic E-state index is 12.7. The third-order valence-electron chi connectivity index (χ3n) is 7.09. The smallest absolute Gasteiger partial charge is 0.223 e. The van der Waals surface area contributed by atoms with Gasteiger partial charge >= 0.3 is 0 Å². The lowest BCUT2D eigenvalue weighted by atomic mass is 9.96. The van der Waals surface area contributed by atoms with Crippen LogP contribution < -0.4 is 10.2 Å². The van der Waals surface area contributed by atoms with Crippen LogP contribution in [0.5, 0.6) is 0 Å². The zero-order valence-electron chi connectivity index (χ0n) is 20.2. The molecule has 2 aromatic heterocycles. The summed E-state index contributed by atoms with van der Waals surface area (Å²) >= 11 is 6.03. The van der Waals surface area contributed by atoms with E-state index in [4.69, 9.17) is 16.7 Å². The van der Waals surface area contributed by atoms with Crippen molar-refractivity contribution < 1.29 is 4.79 Å². The van der Waals surface area contributed by atoms with E-state index in [9.17, 15) is 4.79 Å². The van der Waals surface area contributed by atoms with Gasteiger partial charge in [-0.05, 0) is 69.3 Å². The van der Waals surface area contributed by atoms with Gasteiger partial charge in [0.15, 0.2) is 11.5 Å². The molecule has 0 bridgehead atoms. The van der Waals surface area contributed by atoms with Crippen LogP contribution in [0.1, 0.15) is 19.3 Å². The van der Waals surface area contributed by atoms with Gasteiger partial charge in [0.1, 0.15) is 5.82 Å². The van der Waals surface area contributed by atoms with Gasteiger partial charge in [0.2, 0.25) is 5.91 Å². The topological polar surface area (TPSA) is 81.9 Å². The molecule has 4 heterocycles. The molecule has 1 N–H and O–H groups in total. The summed E-state index contributed by atoms with van der Waals surface area (Å²) in [5, 5.41) is 17.2. The first-order valence-electron chi connectivity index (χ1n) is 12.5. The largest absolute Gasteiger partial charge is 0.356 e. The number of anilines is 1. The van der Waals surface area contributed by atoms with Gasteiger partial charge in [-0.2, -0.15) is 4.52 Å². The fourth-order valence-corrected chi connectivity index (χ4v) is 4.95. The van der Waals surface area contributed by atoms with Crippen LogP contribution in [0.4, 0.5) is 5.82 Å². The van der Waals surface area contributed by atoms with E-state index in [0.29, 0.717) is 16.5 Å². The van der Waals surface area contributed by atoms with Crippen LogP contribution in [0.2, 0.25) is 5.02 Å². The molecule has 2 saturated heterocycles. The van der Waals surface area contributed by atoms with Crippen molar-refractivity contribution >= 4 is 29.0 Å². The number of carbonyl (C=O) groups is 1. The number of nitrogens with one attached hydrogen (secondary N) is 1. The minimum absolute atomic E-state index is 0.0677. The minimum Gasteiger partial charge on any atom is -0.356 e. The van der Waals surface area contributed by atoms with E-state index >= 15 is 0 Å². The maximum Gasteiger partial charge on any atom is 0.223 e. The highest BCUT2D eigenvalue weighted by molar-refractivity contribution is 6.30. The number of hydrogen-bond donors (Lipinski definition) is 1. The van der Waals surface area contributed by atoms with Crippen molar-refractivity contribution in [3.8, 4) is 11.4 Å². The molecule has 5 rings (SSSR count). The number of nitrogens with zero attached hydrogens (tertiary/aromatic N) is 7. The fourth-order valence-electron chi connectivity index (χ4n) is 4.83. The normalized spacial score (nSPS) is 18.3. The number of piperidine rings is 1. The molecule has 0 aliphatic carbocycles. The standard InChI is InChI=1S/C25H33ClN8O/c1-31-15-17-32(18-16-31)12-2-11-27-25(35)20-9-13-33(14-10-20)23-8-7-22-28-29-24(34(22)30-23)19-3-5-21(26)6-4-19/h3-8,20H,2,9-18H2,1H3,(H,27,35). The number of hydrogen-bond acceptors (Lipinski definition) is 7. The average molecular weight is 497 g/mol. The lowest BCUT2D eigenvalue weighted by Crippen LogP contribution is -2.45. The quantitative estimate of drug-likeness (QED) is 0.503. The van der Waals surface area contributed by atoms with E-state index in [1.807, 2.05) is 36.4 Å². The molecule has 0 atom stereocenters. The fraction of sp³-hybridized carbons (Fsp3) is 0.520. The van der Waals surface area contributed by atoms with Gasteiger partial charge in [-0.25, -0.2) is 0 Å². The molecule has 0 unspecified atom stereocenters. The number of aromatic nitrogens is 4. The van der Waals surface area contributed by atoms with Gasteiger partial charge in [0.25, 0.3) is 0 Å². The number of amides is 1. The monoisotopic (exact) mass is 496 g/mol. The second kappa shape index (κ2) is 10.9. The molecule has 0 saturated carbocycles. The Hall–Kier alpha value is -2.75. The SMILES string of the molecule is CN1CCN(CCCNC(=O)C2CCN(c3ccc4nnc(-c5ccc(Cl)cc5)n4n3)CC2)CC1. The van der Waals surface area contributed by atoms with Crippen LogP contribution in [0.15, 0.2) is 36.4 Å². The highest BCUT2D eigenvalue weighted by Gasteiger charge is 2.26. The molecule has 2 fully saturated rings. The van der Waals surface area contributed by atoms with Crippen molar-refractivity contribution in [2.24, 2.45) is 5.92 Å². The second-order valence-corrected chi connectivity index (χ2v) is 9.98. The molecule has 0 spiro atoms. The summed E-state index contributed by atoms with van der Waals surface area (Å²) in [7, 11) is 2.17. The van der Waals surface area contributed by atoms with E-state index in [-0.39, 0.29) is 11.8 Å². The van der Waals surface area contributed by atoms with Crippen molar-refractivity contribution in [3.05, 3.63) is 41.4 Å². The Morgan fingerprint density at radius 1 is 1.00 bits per heavy atom. The van der Waals surface area contributed by atoms with Crippen molar-refractivity contribution in [1.82, 2.24) is 34.9 Å². The van der Waals surface area contributed by atoms with Gasteiger partial charge < -0.3 is 20.0 Å². The summed E-state index contributed by atoms with van der Waals surface area (Å²) in [6.45, 7) is 7.93. The zero-order chi connectivity index (χ0) is 24.2. The molecule has 10 heteroatoms. The molecule has 1 amide bonds. The first-order chi connectivity index (χ1) is 17.1. The van der Waals surface area contributed by atoms with E-state index in [1.165, 1.54) is 0 Å². The third kappa shape index (κ3) is 5.74. The summed E-state index contributed by atoms with van der Waals surface area (Å²) in [4.78, 5) is 19.8. The van der Waals surface area contributed by atoms with Gasteiger partial charge in [-0.3, -0.25) is 4.79 Å². The first kappa shape index (κ1) is 24.0. The number of halogens is 1. The van der Waals surface area contributed by atoms with Gasteiger partial charge in [-0.15, -0.1) is 15.3 Å². The molecule has 35 heavy (non-hydrogen) atoms. The molecule has 2 aliphatic rings. The summed E-state index contributed by atoms with van der Waals surface area (Å²) in [5.74, 6) is 1.82. The second-order valence-electron chi connectivity index (χ2n) is 9.54. The van der Waals surface area contributed by atoms with Crippen LogP contribution in [0.25, 0.3) is 17.0 Å². The summed E-state index contributed by atoms with van der Waals surface area (Å²) in [5.41, 5.74) is 1.61. The Morgan fingerprint density at radius 3 is 2.49 bits per heavy atom. The Bertz CT molecular complexity index is 1130. The summed E-state index contributed by atoms with van der Waals surface area (Å²) in [6, 6.07) is 11.4. The molecule has 0 radical (unpaired) electrons. The highest BCUT2D eigenvalue weighted by atomic mass is 35.5. The van der Waals surface area contributed by atoms with Crippen LogP contribution in [-0.2, 0) is 4.79 Å². The van der Waals surface area contributed by atoms with Crippen LogP contribution in [0.3, 0.4) is 0 Å². The number of carbonyl (C=O) groups excluding carboxylic acids is 1. The summed E-state index contributed by atoms with van der Waals surface area (Å²) < 4.78 is 1.78. The van der Waals surface area contributed by atoms with E-state index in [2.05, 4.69) is 37.3 Å². The number of rotatable bonds is 7. The van der Waals surface area contributed by atoms with Gasteiger partial charge in [0, 0.05) is 62.3 Å². The molecule has 186 valence electrons. The first-order valence-corrected chi connectivity index (χ1v) is 12.9. The van der Waals surface area contributed by atoms with Crippen molar-refractivity contribution in [2.45, 2.75) is 19.3 Å². The number of piperazine rings is 1. The van der Waals surface area contributed by atoms with E-state index < -0.39 is 0 Å². The Morgan fingerprint density at radius 2 is 1.74 bits per heavy atom. The van der Waals surface area contributed by atoms with Crippen molar-refractivity contribution in [2.75, 3.05) is 64.3 Å². The lowest BCUT2D eigenvalue weighted by molar-refractivity contribution is -0.125. The predicted molar refractivity (Wildman–Crippen MR) is 138 cm³/mol. The number of benzene rings is 1. The van der Waals surface area contributed by atoms with Crippen molar-refractivity contribution in [3.63, 3.8) is 0 Å². The predicted octanol–water partition coefficient (Wildman–Crippen LogP) is 2.41. The van der Waals surface area contributed by atoms with Crippen LogP contribution >= 0.6 is 11.6 Å². The maximum absolute atomic E-state index is 12.7. The Labute approximate surface area is 211 Å². The van der Waals surface area contributed by atoms with E-state index in [0.717, 1.165) is 83.0 Å². The minimum atomic E-state index is 0.0677. The summed E-state index contributed by atoms with van der Waals surface area (Å²) in [6.07, 6.45) is 2.67. The van der Waals surface area contributed by atoms with Crippen molar-refractivity contribution in [1.29, 1.82) is 0 Å². The van der Waals surface area contributed by atoms with E-state index in [1.54, 1.807) is 4.52 Å². The molecule has 3 aromatic rings.